The van der Waals surface area contributed by atoms with Gasteiger partial charge in [-0.2, -0.15) is 0 Å². The first-order valence-electron chi connectivity index (χ1n) is 12.0. The minimum Gasteiger partial charge on any atom is -0.478 e. The molecule has 1 unspecified atom stereocenters. The van der Waals surface area contributed by atoms with E-state index in [2.05, 4.69) is 39.0 Å². The molecule has 0 saturated carbocycles. The van der Waals surface area contributed by atoms with E-state index < -0.39 is 17.9 Å². The third kappa shape index (κ3) is 3.70. The van der Waals surface area contributed by atoms with Crippen molar-refractivity contribution in [3.05, 3.63) is 118 Å². The van der Waals surface area contributed by atoms with Gasteiger partial charge in [-0.05, 0) is 74.2 Å². The average Bonchev–Trinajstić information content (AvgIpc) is 2.85. The molecule has 2 N–H and O–H groups in total. The molecule has 5 rings (SSSR count). The smallest absolute Gasteiger partial charge is 0.336 e. The van der Waals surface area contributed by atoms with E-state index in [1.807, 2.05) is 43.3 Å². The van der Waals surface area contributed by atoms with Gasteiger partial charge in [0.15, 0.2) is 0 Å². The third-order valence-corrected chi connectivity index (χ3v) is 7.23. The summed E-state index contributed by atoms with van der Waals surface area (Å²) in [6.07, 6.45) is 0. The standard InChI is InChI=1S/C32H28O4/c1-18-26-17-20(32(2,3)4)16-19-10-9-15-25(28(19)26)29(22-12-6-8-14-24(22)31(35)36)27(18)21-11-5-7-13-23(21)30(33)34/h5-17,29H,1-4H3,(H,33,34)(H,35,36). The molecule has 0 radical (unpaired) electrons. The fraction of sp³-hybridized carbons (Fsp3) is 0.188. The van der Waals surface area contributed by atoms with Gasteiger partial charge in [0, 0.05) is 5.92 Å². The van der Waals surface area contributed by atoms with Crippen LogP contribution in [0.3, 0.4) is 0 Å². The molecule has 4 aromatic carbocycles. The average molecular weight is 477 g/mol. The van der Waals surface area contributed by atoms with Crippen molar-refractivity contribution in [3.8, 4) is 0 Å². The number of allylic oxidation sites excluding steroid dienone is 2. The lowest BCUT2D eigenvalue weighted by molar-refractivity contribution is 0.0684. The Morgan fingerprint density at radius 3 is 2.00 bits per heavy atom. The molecule has 4 nitrogen and oxygen atoms in total. The summed E-state index contributed by atoms with van der Waals surface area (Å²) >= 11 is 0. The molecule has 0 heterocycles. The number of carbonyl (C=O) groups is 2. The minimum atomic E-state index is -1.01. The van der Waals surface area contributed by atoms with E-state index in [-0.39, 0.29) is 16.5 Å². The number of aromatic carboxylic acids is 2. The maximum absolute atomic E-state index is 12.3. The Labute approximate surface area is 210 Å². The molecular formula is C32H28O4. The Morgan fingerprint density at radius 1 is 0.722 bits per heavy atom. The molecule has 0 amide bonds. The van der Waals surface area contributed by atoms with Crippen LogP contribution in [0.5, 0.6) is 0 Å². The lowest BCUT2D eigenvalue weighted by Gasteiger charge is -2.33. The van der Waals surface area contributed by atoms with E-state index in [1.54, 1.807) is 24.3 Å². The van der Waals surface area contributed by atoms with Crippen LogP contribution in [0.25, 0.3) is 21.9 Å². The highest BCUT2D eigenvalue weighted by atomic mass is 16.4. The molecule has 4 aromatic rings. The van der Waals surface area contributed by atoms with Crippen LogP contribution in [0.15, 0.2) is 78.9 Å². The molecule has 36 heavy (non-hydrogen) atoms. The Kier molecular flexibility index (Phi) is 5.55. The maximum atomic E-state index is 12.3. The molecule has 0 bridgehead atoms. The predicted octanol–water partition coefficient (Wildman–Crippen LogP) is 7.61. The van der Waals surface area contributed by atoms with E-state index in [0.717, 1.165) is 33.0 Å². The summed E-state index contributed by atoms with van der Waals surface area (Å²) in [5.74, 6) is -2.45. The van der Waals surface area contributed by atoms with Crippen molar-refractivity contribution in [2.45, 2.75) is 39.0 Å². The number of carboxylic acids is 2. The van der Waals surface area contributed by atoms with Gasteiger partial charge in [0.2, 0.25) is 0 Å². The van der Waals surface area contributed by atoms with Crippen molar-refractivity contribution in [2.75, 3.05) is 0 Å². The van der Waals surface area contributed by atoms with E-state index in [4.69, 9.17) is 0 Å². The normalized spacial score (nSPS) is 15.3. The Balaban J connectivity index is 1.96. The van der Waals surface area contributed by atoms with Gasteiger partial charge in [-0.25, -0.2) is 9.59 Å². The van der Waals surface area contributed by atoms with Crippen LogP contribution in [0.2, 0.25) is 0 Å². The van der Waals surface area contributed by atoms with Gasteiger partial charge >= 0.3 is 11.9 Å². The maximum Gasteiger partial charge on any atom is 0.336 e. The molecule has 0 aromatic heterocycles. The molecular weight excluding hydrogens is 448 g/mol. The van der Waals surface area contributed by atoms with E-state index >= 15 is 0 Å². The first kappa shape index (κ1) is 23.6. The molecule has 180 valence electrons. The zero-order valence-corrected chi connectivity index (χ0v) is 20.8. The molecule has 0 aliphatic heterocycles. The second-order valence-electron chi connectivity index (χ2n) is 10.4. The van der Waals surface area contributed by atoms with Crippen LogP contribution in [0.4, 0.5) is 0 Å². The highest BCUT2D eigenvalue weighted by molar-refractivity contribution is 6.11. The lowest BCUT2D eigenvalue weighted by atomic mass is 9.69. The molecule has 1 atom stereocenters. The number of hydrogen-bond acceptors (Lipinski definition) is 2. The van der Waals surface area contributed by atoms with Crippen LogP contribution < -0.4 is 0 Å². The first-order chi connectivity index (χ1) is 17.1. The van der Waals surface area contributed by atoms with E-state index in [1.165, 1.54) is 5.56 Å². The second kappa shape index (κ2) is 8.49. The van der Waals surface area contributed by atoms with Crippen LogP contribution in [0, 0.1) is 0 Å². The molecule has 4 heteroatoms. The number of benzene rings is 4. The summed E-state index contributed by atoms with van der Waals surface area (Å²) < 4.78 is 0. The number of hydrogen-bond donors (Lipinski definition) is 2. The lowest BCUT2D eigenvalue weighted by Crippen LogP contribution is -2.18. The van der Waals surface area contributed by atoms with E-state index in [9.17, 15) is 19.8 Å². The van der Waals surface area contributed by atoms with Gasteiger partial charge in [-0.1, -0.05) is 87.5 Å². The third-order valence-electron chi connectivity index (χ3n) is 7.23. The van der Waals surface area contributed by atoms with Crippen LogP contribution in [-0.4, -0.2) is 22.2 Å². The zero-order valence-electron chi connectivity index (χ0n) is 20.8. The Hall–Kier alpha value is -4.18. The highest BCUT2D eigenvalue weighted by Gasteiger charge is 2.34. The molecule has 0 fully saturated rings. The fourth-order valence-corrected chi connectivity index (χ4v) is 5.47. The van der Waals surface area contributed by atoms with Crippen molar-refractivity contribution in [2.24, 2.45) is 0 Å². The summed E-state index contributed by atoms with van der Waals surface area (Å²) in [4.78, 5) is 24.6. The van der Waals surface area contributed by atoms with Gasteiger partial charge in [-0.3, -0.25) is 0 Å². The van der Waals surface area contributed by atoms with Gasteiger partial charge in [0.05, 0.1) is 11.1 Å². The molecule has 1 aliphatic carbocycles. The minimum absolute atomic E-state index is 0.0765. The summed E-state index contributed by atoms with van der Waals surface area (Å²) in [7, 11) is 0. The first-order valence-corrected chi connectivity index (χ1v) is 12.0. The topological polar surface area (TPSA) is 74.6 Å². The summed E-state index contributed by atoms with van der Waals surface area (Å²) in [5, 5.41) is 22.3. The quantitative estimate of drug-likeness (QED) is 0.318. The van der Waals surface area contributed by atoms with E-state index in [0.29, 0.717) is 11.1 Å². The van der Waals surface area contributed by atoms with Crippen molar-refractivity contribution < 1.29 is 19.8 Å². The van der Waals surface area contributed by atoms with Crippen molar-refractivity contribution in [1.29, 1.82) is 0 Å². The predicted molar refractivity (Wildman–Crippen MR) is 144 cm³/mol. The number of carboxylic acid groups (broad SMARTS) is 2. The van der Waals surface area contributed by atoms with Crippen molar-refractivity contribution in [3.63, 3.8) is 0 Å². The highest BCUT2D eigenvalue weighted by Crippen LogP contribution is 2.51. The molecule has 0 saturated heterocycles. The van der Waals surface area contributed by atoms with Crippen molar-refractivity contribution in [1.82, 2.24) is 0 Å². The molecule has 0 spiro atoms. The van der Waals surface area contributed by atoms with Crippen molar-refractivity contribution >= 4 is 33.9 Å². The fourth-order valence-electron chi connectivity index (χ4n) is 5.47. The van der Waals surface area contributed by atoms with Crippen LogP contribution >= 0.6 is 0 Å². The van der Waals surface area contributed by atoms with Gasteiger partial charge in [-0.15, -0.1) is 0 Å². The summed E-state index contributed by atoms with van der Waals surface area (Å²) in [6.45, 7) is 8.57. The van der Waals surface area contributed by atoms with Gasteiger partial charge in [0.25, 0.3) is 0 Å². The summed E-state index contributed by atoms with van der Waals surface area (Å²) in [5.41, 5.74) is 6.62. The summed E-state index contributed by atoms with van der Waals surface area (Å²) in [6, 6.07) is 24.6. The SMILES string of the molecule is CC1=C(c2ccccc2C(=O)O)C(c2ccccc2C(=O)O)c2cccc3cc(C(C)(C)C)cc1c23. The largest absolute Gasteiger partial charge is 0.478 e. The monoisotopic (exact) mass is 476 g/mol. The van der Waals surface area contributed by atoms with Gasteiger partial charge in [0.1, 0.15) is 0 Å². The van der Waals surface area contributed by atoms with Gasteiger partial charge < -0.3 is 10.2 Å². The molecule has 1 aliphatic rings. The van der Waals surface area contributed by atoms with Crippen LogP contribution in [-0.2, 0) is 5.41 Å². The second-order valence-corrected chi connectivity index (χ2v) is 10.4. The Morgan fingerprint density at radius 2 is 1.33 bits per heavy atom. The zero-order chi connectivity index (χ0) is 25.8. The van der Waals surface area contributed by atoms with Crippen LogP contribution in [0.1, 0.15) is 82.1 Å². The Bertz CT molecular complexity index is 1580. The number of rotatable bonds is 4.